The topological polar surface area (TPSA) is 112 Å². The third-order valence-corrected chi connectivity index (χ3v) is 7.75. The first-order chi connectivity index (χ1) is 18.4. The van der Waals surface area contributed by atoms with E-state index < -0.39 is 18.4 Å². The standard InChI is InChI=1S/C26H33ClN4O6S/c1-28-12-4-2-3-5-23(32)31(25(34)21-10-11-22(27)38-21)16-20-15-30(26(35)37-20)19-8-6-18(7-9-19)29-13-14-36-17-24(29)33/h6-11,20,23,28,32H,2-5,12-17H2,1H3/t20-,23?/m1/s1. The van der Waals surface area contributed by atoms with E-state index in [1.165, 1.54) is 9.80 Å². The number of unbranched alkanes of at least 4 members (excludes halogenated alkanes) is 2. The molecule has 0 spiro atoms. The van der Waals surface area contributed by atoms with Gasteiger partial charge in [-0.1, -0.05) is 18.0 Å². The van der Waals surface area contributed by atoms with Crippen molar-refractivity contribution < 1.29 is 29.0 Å². The average Bonchev–Trinajstić information content (AvgIpc) is 3.52. The number of amides is 3. The van der Waals surface area contributed by atoms with Gasteiger partial charge in [-0.25, -0.2) is 4.79 Å². The van der Waals surface area contributed by atoms with Crippen LogP contribution in [0.25, 0.3) is 0 Å². The van der Waals surface area contributed by atoms with Crippen LogP contribution in [-0.2, 0) is 14.3 Å². The van der Waals surface area contributed by atoms with Gasteiger partial charge in [0.15, 0.2) is 0 Å². The number of nitrogens with zero attached hydrogens (tertiary/aromatic N) is 3. The molecule has 38 heavy (non-hydrogen) atoms. The summed E-state index contributed by atoms with van der Waals surface area (Å²) in [6.07, 6.45) is 0.900. The molecule has 0 radical (unpaired) electrons. The highest BCUT2D eigenvalue weighted by molar-refractivity contribution is 7.17. The third kappa shape index (κ3) is 7.03. The minimum atomic E-state index is -1.02. The van der Waals surface area contributed by atoms with Crippen LogP contribution in [0.2, 0.25) is 4.34 Å². The SMILES string of the molecule is CNCCCCCC(O)N(C[C@H]1CN(c2ccc(N3CCOCC3=O)cc2)C(=O)O1)C(=O)c1ccc(Cl)s1. The van der Waals surface area contributed by atoms with Gasteiger partial charge in [-0.05, 0) is 69.3 Å². The number of morpholine rings is 1. The molecule has 2 atom stereocenters. The molecule has 1 aromatic carbocycles. The number of anilines is 2. The largest absolute Gasteiger partial charge is 0.442 e. The lowest BCUT2D eigenvalue weighted by atomic mass is 10.1. The van der Waals surface area contributed by atoms with Crippen LogP contribution >= 0.6 is 22.9 Å². The zero-order valence-electron chi connectivity index (χ0n) is 21.3. The van der Waals surface area contributed by atoms with E-state index in [0.717, 1.165) is 42.8 Å². The fourth-order valence-corrected chi connectivity index (χ4v) is 5.52. The summed E-state index contributed by atoms with van der Waals surface area (Å²) >= 11 is 7.19. The molecule has 2 N–H and O–H groups in total. The molecule has 1 aromatic heterocycles. The molecule has 3 amide bonds. The zero-order chi connectivity index (χ0) is 27.1. The second-order valence-corrected chi connectivity index (χ2v) is 10.9. The minimum Gasteiger partial charge on any atom is -0.442 e. The lowest BCUT2D eigenvalue weighted by Gasteiger charge is -2.29. The molecular weight excluding hydrogens is 532 g/mol. The summed E-state index contributed by atoms with van der Waals surface area (Å²) in [4.78, 5) is 43.1. The second-order valence-electron chi connectivity index (χ2n) is 9.23. The zero-order valence-corrected chi connectivity index (χ0v) is 22.9. The van der Waals surface area contributed by atoms with Crippen molar-refractivity contribution in [2.24, 2.45) is 0 Å². The van der Waals surface area contributed by atoms with Crippen molar-refractivity contribution in [3.05, 3.63) is 45.6 Å². The number of nitrogens with one attached hydrogen (secondary N) is 1. The van der Waals surface area contributed by atoms with E-state index in [1.807, 2.05) is 7.05 Å². The first kappa shape index (κ1) is 28.3. The summed E-state index contributed by atoms with van der Waals surface area (Å²) in [6.45, 7) is 2.17. The second kappa shape index (κ2) is 13.4. The molecule has 4 rings (SSSR count). The number of carbonyl (C=O) groups is 3. The normalized spacial score (nSPS) is 18.6. The number of hydrogen-bond acceptors (Lipinski definition) is 8. The Morgan fingerprint density at radius 1 is 1.16 bits per heavy atom. The molecule has 10 nitrogen and oxygen atoms in total. The number of cyclic esters (lactones) is 1. The summed E-state index contributed by atoms with van der Waals surface area (Å²) in [5, 5.41) is 14.1. The van der Waals surface area contributed by atoms with Crippen molar-refractivity contribution in [1.29, 1.82) is 0 Å². The molecule has 206 valence electrons. The predicted octanol–water partition coefficient (Wildman–Crippen LogP) is 3.33. The fourth-order valence-electron chi connectivity index (χ4n) is 4.52. The molecule has 2 saturated heterocycles. The molecule has 2 aliphatic rings. The summed E-state index contributed by atoms with van der Waals surface area (Å²) < 4.78 is 11.3. The van der Waals surface area contributed by atoms with Gasteiger partial charge in [-0.15, -0.1) is 11.3 Å². The molecule has 12 heteroatoms. The van der Waals surface area contributed by atoms with Crippen LogP contribution in [0.15, 0.2) is 36.4 Å². The van der Waals surface area contributed by atoms with Crippen LogP contribution < -0.4 is 15.1 Å². The Morgan fingerprint density at radius 2 is 1.89 bits per heavy atom. The van der Waals surface area contributed by atoms with Crippen LogP contribution in [0, 0.1) is 0 Å². The highest BCUT2D eigenvalue weighted by atomic mass is 35.5. The van der Waals surface area contributed by atoms with Crippen molar-refractivity contribution >= 4 is 52.2 Å². The molecule has 2 fully saturated rings. The number of ether oxygens (including phenoxy) is 2. The summed E-state index contributed by atoms with van der Waals surface area (Å²) in [5.74, 6) is -0.458. The van der Waals surface area contributed by atoms with Crippen LogP contribution in [0.1, 0.15) is 35.4 Å². The maximum atomic E-state index is 13.3. The number of aliphatic hydroxyl groups excluding tert-OH is 1. The molecule has 3 heterocycles. The van der Waals surface area contributed by atoms with Crippen LogP contribution in [0.5, 0.6) is 0 Å². The summed E-state index contributed by atoms with van der Waals surface area (Å²) in [5.41, 5.74) is 1.35. The van der Waals surface area contributed by atoms with Gasteiger partial charge >= 0.3 is 6.09 Å². The number of carbonyl (C=O) groups excluding carboxylic acids is 3. The molecular formula is C26H33ClN4O6S. The Balaban J connectivity index is 1.41. The van der Waals surface area contributed by atoms with Crippen molar-refractivity contribution in [3.8, 4) is 0 Å². The van der Waals surface area contributed by atoms with Crippen molar-refractivity contribution in [2.45, 2.75) is 38.0 Å². The highest BCUT2D eigenvalue weighted by Crippen LogP contribution is 2.28. The quantitative estimate of drug-likeness (QED) is 0.300. The Morgan fingerprint density at radius 3 is 2.55 bits per heavy atom. The highest BCUT2D eigenvalue weighted by Gasteiger charge is 2.36. The number of aliphatic hydroxyl groups is 1. The van der Waals surface area contributed by atoms with Gasteiger partial charge in [-0.3, -0.25) is 14.5 Å². The van der Waals surface area contributed by atoms with E-state index in [2.05, 4.69) is 5.32 Å². The lowest BCUT2D eigenvalue weighted by molar-refractivity contribution is -0.125. The van der Waals surface area contributed by atoms with E-state index in [0.29, 0.717) is 34.5 Å². The average molecular weight is 565 g/mol. The fraction of sp³-hybridized carbons (Fsp3) is 0.500. The minimum absolute atomic E-state index is 0.0502. The smallest absolute Gasteiger partial charge is 0.414 e. The van der Waals surface area contributed by atoms with Crippen molar-refractivity contribution in [2.75, 3.05) is 56.2 Å². The first-order valence-corrected chi connectivity index (χ1v) is 13.9. The Hall–Kier alpha value is -2.70. The van der Waals surface area contributed by atoms with Gasteiger partial charge in [-0.2, -0.15) is 0 Å². The summed E-state index contributed by atoms with van der Waals surface area (Å²) in [7, 11) is 1.90. The first-order valence-electron chi connectivity index (χ1n) is 12.7. The van der Waals surface area contributed by atoms with E-state index >= 15 is 0 Å². The van der Waals surface area contributed by atoms with Crippen LogP contribution in [0.4, 0.5) is 16.2 Å². The summed E-state index contributed by atoms with van der Waals surface area (Å²) in [6, 6.07) is 10.4. The van der Waals surface area contributed by atoms with Gasteiger partial charge in [0.05, 0.1) is 28.9 Å². The number of halogens is 1. The molecule has 0 aliphatic carbocycles. The van der Waals surface area contributed by atoms with Gasteiger partial charge in [0.25, 0.3) is 11.8 Å². The lowest BCUT2D eigenvalue weighted by Crippen LogP contribution is -2.45. The van der Waals surface area contributed by atoms with E-state index in [1.54, 1.807) is 41.3 Å². The molecule has 2 aliphatic heterocycles. The van der Waals surface area contributed by atoms with E-state index in [-0.39, 0.29) is 31.5 Å². The number of benzene rings is 1. The van der Waals surface area contributed by atoms with E-state index in [4.69, 9.17) is 21.1 Å². The Labute approximate surface area is 231 Å². The Bertz CT molecular complexity index is 1110. The molecule has 1 unspecified atom stereocenters. The molecule has 2 aromatic rings. The maximum Gasteiger partial charge on any atom is 0.414 e. The van der Waals surface area contributed by atoms with E-state index in [9.17, 15) is 19.5 Å². The number of rotatable bonds is 12. The maximum absolute atomic E-state index is 13.3. The van der Waals surface area contributed by atoms with Crippen molar-refractivity contribution in [3.63, 3.8) is 0 Å². The van der Waals surface area contributed by atoms with Gasteiger partial charge in [0, 0.05) is 17.9 Å². The molecule has 0 bridgehead atoms. The Kier molecular flexibility index (Phi) is 9.97. The van der Waals surface area contributed by atoms with Gasteiger partial charge < -0.3 is 29.7 Å². The monoisotopic (exact) mass is 564 g/mol. The third-order valence-electron chi connectivity index (χ3n) is 6.53. The van der Waals surface area contributed by atoms with Gasteiger partial charge in [0.2, 0.25) is 0 Å². The predicted molar refractivity (Wildman–Crippen MR) is 146 cm³/mol. The van der Waals surface area contributed by atoms with Crippen LogP contribution in [-0.4, -0.2) is 86.7 Å². The number of hydrogen-bond donors (Lipinski definition) is 2. The number of thiophene rings is 1. The van der Waals surface area contributed by atoms with Gasteiger partial charge in [0.1, 0.15) is 18.9 Å². The van der Waals surface area contributed by atoms with Crippen molar-refractivity contribution in [1.82, 2.24) is 10.2 Å². The molecule has 0 saturated carbocycles. The van der Waals surface area contributed by atoms with Crippen LogP contribution in [0.3, 0.4) is 0 Å².